The summed E-state index contributed by atoms with van der Waals surface area (Å²) in [5.74, 6) is -1.31. The van der Waals surface area contributed by atoms with E-state index in [-0.39, 0.29) is 18.1 Å². The van der Waals surface area contributed by atoms with Crippen LogP contribution in [0.5, 0.6) is 5.75 Å². The molecule has 5 nitrogen and oxygen atoms in total. The molecule has 2 unspecified atom stereocenters. The Labute approximate surface area is 179 Å². The van der Waals surface area contributed by atoms with Crippen LogP contribution in [0.1, 0.15) is 35.1 Å². The third-order valence-corrected chi connectivity index (χ3v) is 5.52. The minimum atomic E-state index is -0.833. The Morgan fingerprint density at radius 1 is 1.03 bits per heavy atom. The highest BCUT2D eigenvalue weighted by atomic mass is 19.1. The number of rotatable bonds is 6. The molecule has 4 rings (SSSR count). The lowest BCUT2D eigenvalue weighted by Crippen LogP contribution is -2.28. The predicted octanol–water partition coefficient (Wildman–Crippen LogP) is 4.47. The monoisotopic (exact) mass is 419 g/mol. The lowest BCUT2D eigenvalue weighted by Gasteiger charge is -2.18. The van der Waals surface area contributed by atoms with Gasteiger partial charge in [0.15, 0.2) is 0 Å². The molecule has 3 aromatic carbocycles. The number of nitrogens with one attached hydrogen (secondary N) is 1. The number of hydrogen-bond acceptors (Lipinski definition) is 3. The second-order valence-electron chi connectivity index (χ2n) is 7.53. The van der Waals surface area contributed by atoms with E-state index < -0.39 is 18.0 Å². The average Bonchev–Trinajstić information content (AvgIpc) is 3.16. The maximum Gasteiger partial charge on any atom is 0.303 e. The number of carboxylic acid groups (broad SMARTS) is 1. The van der Waals surface area contributed by atoms with Crippen molar-refractivity contribution in [2.75, 3.05) is 7.05 Å². The molecule has 1 aliphatic rings. The van der Waals surface area contributed by atoms with Crippen LogP contribution < -0.4 is 10.1 Å². The second kappa shape index (κ2) is 8.60. The van der Waals surface area contributed by atoms with E-state index in [0.29, 0.717) is 12.2 Å². The van der Waals surface area contributed by atoms with Crippen LogP contribution in [0.15, 0.2) is 66.7 Å². The zero-order valence-electron chi connectivity index (χ0n) is 17.0. The lowest BCUT2D eigenvalue weighted by atomic mass is 9.88. The van der Waals surface area contributed by atoms with Crippen molar-refractivity contribution in [2.45, 2.75) is 24.9 Å². The van der Waals surface area contributed by atoms with Crippen LogP contribution in [-0.2, 0) is 16.0 Å². The third-order valence-electron chi connectivity index (χ3n) is 5.52. The van der Waals surface area contributed by atoms with Crippen LogP contribution in [0, 0.1) is 5.82 Å². The van der Waals surface area contributed by atoms with Gasteiger partial charge in [-0.25, -0.2) is 4.39 Å². The number of likely N-dealkylation sites (N-methyl/N-ethyl adjacent to an activating group) is 1. The smallest absolute Gasteiger partial charge is 0.303 e. The molecule has 0 spiro atoms. The Balaban J connectivity index is 1.69. The summed E-state index contributed by atoms with van der Waals surface area (Å²) in [7, 11) is 1.58. The molecule has 2 N–H and O–H groups in total. The zero-order valence-corrected chi connectivity index (χ0v) is 17.0. The van der Waals surface area contributed by atoms with Crippen LogP contribution in [0.4, 0.5) is 4.39 Å². The van der Waals surface area contributed by atoms with E-state index in [4.69, 9.17) is 9.84 Å². The number of amides is 1. The zero-order chi connectivity index (χ0) is 22.0. The molecule has 158 valence electrons. The van der Waals surface area contributed by atoms with Gasteiger partial charge in [-0.15, -0.1) is 0 Å². The van der Waals surface area contributed by atoms with Crippen molar-refractivity contribution in [1.29, 1.82) is 0 Å². The number of ether oxygens (including phenoxy) is 1. The molecule has 1 amide bonds. The van der Waals surface area contributed by atoms with Gasteiger partial charge in [0.05, 0.1) is 0 Å². The SMILES string of the molecule is CNC(=O)C1c2cc(-c3cccc(CCC(=O)O)c3)ccc2OC1c1ccc(F)cc1. The van der Waals surface area contributed by atoms with E-state index >= 15 is 0 Å². The van der Waals surface area contributed by atoms with Crippen molar-refractivity contribution < 1.29 is 23.8 Å². The van der Waals surface area contributed by atoms with Crippen molar-refractivity contribution in [1.82, 2.24) is 5.32 Å². The van der Waals surface area contributed by atoms with Crippen molar-refractivity contribution in [3.8, 4) is 16.9 Å². The number of carbonyl (C=O) groups excluding carboxylic acids is 1. The Morgan fingerprint density at radius 3 is 2.48 bits per heavy atom. The molecule has 0 aromatic heterocycles. The van der Waals surface area contributed by atoms with Crippen LogP contribution in [0.25, 0.3) is 11.1 Å². The topological polar surface area (TPSA) is 75.6 Å². The van der Waals surface area contributed by atoms with Gasteiger partial charge in [0.2, 0.25) is 5.91 Å². The van der Waals surface area contributed by atoms with Gasteiger partial charge < -0.3 is 15.2 Å². The van der Waals surface area contributed by atoms with Gasteiger partial charge in [-0.1, -0.05) is 42.5 Å². The Bertz CT molecular complexity index is 1130. The van der Waals surface area contributed by atoms with E-state index in [1.54, 1.807) is 19.2 Å². The van der Waals surface area contributed by atoms with Gasteiger partial charge in [-0.3, -0.25) is 9.59 Å². The summed E-state index contributed by atoms with van der Waals surface area (Å²) >= 11 is 0. The number of halogens is 1. The summed E-state index contributed by atoms with van der Waals surface area (Å²) in [6.45, 7) is 0. The quantitative estimate of drug-likeness (QED) is 0.618. The van der Waals surface area contributed by atoms with Gasteiger partial charge in [0.25, 0.3) is 0 Å². The Morgan fingerprint density at radius 2 is 1.77 bits per heavy atom. The molecule has 0 fully saturated rings. The summed E-state index contributed by atoms with van der Waals surface area (Å²) in [6.07, 6.45) is -0.0303. The molecular formula is C25H22FNO4. The van der Waals surface area contributed by atoms with Crippen molar-refractivity contribution in [3.05, 3.63) is 89.2 Å². The molecular weight excluding hydrogens is 397 g/mol. The number of hydrogen-bond donors (Lipinski definition) is 2. The van der Waals surface area contributed by atoms with E-state index in [9.17, 15) is 14.0 Å². The van der Waals surface area contributed by atoms with Crippen molar-refractivity contribution in [3.63, 3.8) is 0 Å². The third kappa shape index (κ3) is 4.28. The Kier molecular flexibility index (Phi) is 5.71. The molecule has 31 heavy (non-hydrogen) atoms. The lowest BCUT2D eigenvalue weighted by molar-refractivity contribution is -0.137. The summed E-state index contributed by atoms with van der Waals surface area (Å²) in [5.41, 5.74) is 4.27. The first-order valence-corrected chi connectivity index (χ1v) is 10.0. The number of carbonyl (C=O) groups is 2. The number of benzene rings is 3. The first-order valence-electron chi connectivity index (χ1n) is 10.0. The highest BCUT2D eigenvalue weighted by molar-refractivity contribution is 5.87. The summed E-state index contributed by atoms with van der Waals surface area (Å²) in [6, 6.07) is 19.4. The van der Waals surface area contributed by atoms with Gasteiger partial charge in [0, 0.05) is 19.0 Å². The largest absolute Gasteiger partial charge is 0.484 e. The molecule has 0 saturated heterocycles. The van der Waals surface area contributed by atoms with Gasteiger partial charge in [-0.05, 0) is 52.9 Å². The average molecular weight is 419 g/mol. The van der Waals surface area contributed by atoms with Crippen molar-refractivity contribution in [2.24, 2.45) is 0 Å². The molecule has 0 aliphatic carbocycles. The van der Waals surface area contributed by atoms with E-state index in [1.165, 1.54) is 12.1 Å². The highest BCUT2D eigenvalue weighted by Crippen LogP contribution is 2.47. The molecule has 2 atom stereocenters. The first-order chi connectivity index (χ1) is 15.0. The Hall–Kier alpha value is -3.67. The normalized spacial score (nSPS) is 17.0. The molecule has 1 aliphatic heterocycles. The first kappa shape index (κ1) is 20.6. The number of carboxylic acids is 1. The van der Waals surface area contributed by atoms with Crippen LogP contribution in [0.3, 0.4) is 0 Å². The van der Waals surface area contributed by atoms with Crippen LogP contribution in [-0.4, -0.2) is 24.0 Å². The van der Waals surface area contributed by atoms with E-state index in [0.717, 1.165) is 27.8 Å². The van der Waals surface area contributed by atoms with E-state index in [1.807, 2.05) is 42.5 Å². The molecule has 0 radical (unpaired) electrons. The summed E-state index contributed by atoms with van der Waals surface area (Å²) in [5, 5.41) is 11.6. The molecule has 0 saturated carbocycles. The minimum absolute atomic E-state index is 0.0690. The molecule has 3 aromatic rings. The minimum Gasteiger partial charge on any atom is -0.484 e. The van der Waals surface area contributed by atoms with Gasteiger partial charge in [-0.2, -0.15) is 0 Å². The standard InChI is InChI=1S/C25H22FNO4/c1-27-25(30)23-20-14-18(17-4-2-3-15(13-17)5-12-22(28)29)8-11-21(20)31-24(23)16-6-9-19(26)10-7-16/h2-4,6-11,13-14,23-24H,5,12H2,1H3,(H,27,30)(H,28,29). The second-order valence-corrected chi connectivity index (χ2v) is 7.53. The number of fused-ring (bicyclic) bond motifs is 1. The maximum atomic E-state index is 13.4. The van der Waals surface area contributed by atoms with Crippen LogP contribution >= 0.6 is 0 Å². The molecule has 1 heterocycles. The predicted molar refractivity (Wildman–Crippen MR) is 114 cm³/mol. The fourth-order valence-electron chi connectivity index (χ4n) is 3.95. The highest BCUT2D eigenvalue weighted by Gasteiger charge is 2.40. The molecule has 0 bridgehead atoms. The molecule has 6 heteroatoms. The summed E-state index contributed by atoms with van der Waals surface area (Å²) < 4.78 is 19.5. The number of aryl methyl sites for hydroxylation is 1. The summed E-state index contributed by atoms with van der Waals surface area (Å²) in [4.78, 5) is 23.6. The number of aliphatic carboxylic acids is 1. The van der Waals surface area contributed by atoms with E-state index in [2.05, 4.69) is 5.32 Å². The van der Waals surface area contributed by atoms with Gasteiger partial charge in [0.1, 0.15) is 23.6 Å². The maximum absolute atomic E-state index is 13.4. The van der Waals surface area contributed by atoms with Crippen LogP contribution in [0.2, 0.25) is 0 Å². The fourth-order valence-corrected chi connectivity index (χ4v) is 3.95. The van der Waals surface area contributed by atoms with Gasteiger partial charge >= 0.3 is 5.97 Å². The fraction of sp³-hybridized carbons (Fsp3) is 0.200. The van der Waals surface area contributed by atoms with Crippen molar-refractivity contribution >= 4 is 11.9 Å².